The molecule has 0 spiro atoms. The smallest absolute Gasteiger partial charge is 0.156 e. The lowest BCUT2D eigenvalue weighted by molar-refractivity contribution is 0.302. The van der Waals surface area contributed by atoms with Gasteiger partial charge in [0.05, 0.1) is 11.7 Å². The first-order valence-electron chi connectivity index (χ1n) is 11.3. The van der Waals surface area contributed by atoms with Crippen molar-refractivity contribution >= 4 is 39.1 Å². The number of benzene rings is 2. The standard InChI is InChI=1S/C26H26ClFN4/c1-16(31-26-23-8-6-20(27)13-19(23)15-30-32-26)12-17-2-4-18(5-3-17)22-10-11-29-25-9-7-21(28)14-24(22)25/h6-11,13-18H,2-5,12H2,1H3,(H,31,32)/t16-,17?,18?/m1/s1. The molecule has 0 unspecified atom stereocenters. The second kappa shape index (κ2) is 8.99. The number of nitrogens with zero attached hydrogens (tertiary/aromatic N) is 3. The van der Waals surface area contributed by atoms with Gasteiger partial charge in [-0.25, -0.2) is 4.39 Å². The third-order valence-electron chi connectivity index (χ3n) is 6.72. The predicted octanol–water partition coefficient (Wildman–Crippen LogP) is 7.14. The van der Waals surface area contributed by atoms with Crippen LogP contribution in [0.15, 0.2) is 54.9 Å². The summed E-state index contributed by atoms with van der Waals surface area (Å²) in [4.78, 5) is 4.41. The maximum atomic E-state index is 13.8. The molecule has 2 heterocycles. The van der Waals surface area contributed by atoms with Gasteiger partial charge in [0.1, 0.15) is 5.82 Å². The van der Waals surface area contributed by atoms with Crippen LogP contribution < -0.4 is 5.32 Å². The summed E-state index contributed by atoms with van der Waals surface area (Å²) in [5.74, 6) is 1.75. The number of anilines is 1. The highest BCUT2D eigenvalue weighted by Crippen LogP contribution is 2.40. The minimum absolute atomic E-state index is 0.195. The molecule has 32 heavy (non-hydrogen) atoms. The molecule has 1 N–H and O–H groups in total. The van der Waals surface area contributed by atoms with Gasteiger partial charge in [-0.2, -0.15) is 5.10 Å². The molecule has 2 aromatic heterocycles. The van der Waals surface area contributed by atoms with Gasteiger partial charge >= 0.3 is 0 Å². The Balaban J connectivity index is 1.23. The Hall–Kier alpha value is -2.79. The number of hydrogen-bond acceptors (Lipinski definition) is 4. The Bertz CT molecular complexity index is 1250. The van der Waals surface area contributed by atoms with Crippen molar-refractivity contribution < 1.29 is 4.39 Å². The minimum atomic E-state index is -0.195. The molecule has 0 amide bonds. The van der Waals surface area contributed by atoms with Gasteiger partial charge in [-0.05, 0) is 98.9 Å². The van der Waals surface area contributed by atoms with E-state index in [1.165, 1.54) is 24.5 Å². The first-order chi connectivity index (χ1) is 15.6. The molecule has 1 fully saturated rings. The SMILES string of the molecule is C[C@H](CC1CCC(c2ccnc3ccc(F)cc23)CC1)Nc1nncc2cc(Cl)ccc12. The number of pyridine rings is 1. The van der Waals surface area contributed by atoms with Gasteiger partial charge < -0.3 is 5.32 Å². The fourth-order valence-electron chi connectivity index (χ4n) is 5.16. The van der Waals surface area contributed by atoms with Crippen molar-refractivity contribution in [3.63, 3.8) is 0 Å². The summed E-state index contributed by atoms with van der Waals surface area (Å²) in [6.07, 6.45) is 9.28. The molecular formula is C26H26ClFN4. The molecule has 2 aromatic carbocycles. The summed E-state index contributed by atoms with van der Waals surface area (Å²) < 4.78 is 13.8. The molecule has 4 aromatic rings. The third kappa shape index (κ3) is 4.40. The van der Waals surface area contributed by atoms with E-state index in [4.69, 9.17) is 11.6 Å². The van der Waals surface area contributed by atoms with E-state index in [-0.39, 0.29) is 5.82 Å². The molecule has 4 nitrogen and oxygen atoms in total. The van der Waals surface area contributed by atoms with E-state index in [9.17, 15) is 4.39 Å². The Morgan fingerprint density at radius 2 is 1.91 bits per heavy atom. The molecule has 6 heteroatoms. The van der Waals surface area contributed by atoms with Gasteiger partial charge in [0.25, 0.3) is 0 Å². The van der Waals surface area contributed by atoms with Crippen molar-refractivity contribution in [3.8, 4) is 0 Å². The number of rotatable bonds is 5. The van der Waals surface area contributed by atoms with Crippen molar-refractivity contribution in [1.29, 1.82) is 0 Å². The van der Waals surface area contributed by atoms with Crippen LogP contribution in [0, 0.1) is 11.7 Å². The second-order valence-corrected chi connectivity index (χ2v) is 9.42. The Kier molecular flexibility index (Phi) is 5.92. The van der Waals surface area contributed by atoms with Gasteiger partial charge in [-0.1, -0.05) is 11.6 Å². The fourth-order valence-corrected chi connectivity index (χ4v) is 5.34. The first kappa shape index (κ1) is 21.1. The van der Waals surface area contributed by atoms with Crippen molar-refractivity contribution in [1.82, 2.24) is 15.2 Å². The molecule has 1 saturated carbocycles. The van der Waals surface area contributed by atoms with Crippen LogP contribution in [0.4, 0.5) is 10.2 Å². The zero-order valence-electron chi connectivity index (χ0n) is 18.1. The Morgan fingerprint density at radius 3 is 2.75 bits per heavy atom. The van der Waals surface area contributed by atoms with E-state index in [1.54, 1.807) is 18.3 Å². The molecule has 0 radical (unpaired) electrons. The van der Waals surface area contributed by atoms with Crippen LogP contribution in [0.2, 0.25) is 5.02 Å². The van der Waals surface area contributed by atoms with Crippen LogP contribution in [0.25, 0.3) is 21.7 Å². The van der Waals surface area contributed by atoms with Crippen LogP contribution in [-0.4, -0.2) is 21.2 Å². The highest BCUT2D eigenvalue weighted by Gasteiger charge is 2.25. The van der Waals surface area contributed by atoms with E-state index in [2.05, 4.69) is 33.5 Å². The molecular weight excluding hydrogens is 423 g/mol. The number of aromatic nitrogens is 3. The normalized spacial score (nSPS) is 19.8. The van der Waals surface area contributed by atoms with Crippen LogP contribution in [-0.2, 0) is 0 Å². The van der Waals surface area contributed by atoms with Gasteiger partial charge in [0.15, 0.2) is 5.82 Å². The van der Waals surface area contributed by atoms with E-state index in [0.717, 1.165) is 46.8 Å². The lowest BCUT2D eigenvalue weighted by Gasteiger charge is -2.31. The largest absolute Gasteiger partial charge is 0.366 e. The summed E-state index contributed by atoms with van der Waals surface area (Å²) in [5.41, 5.74) is 2.12. The van der Waals surface area contributed by atoms with E-state index in [1.807, 2.05) is 24.4 Å². The van der Waals surface area contributed by atoms with Crippen molar-refractivity contribution in [2.75, 3.05) is 5.32 Å². The number of nitrogens with one attached hydrogen (secondary N) is 1. The number of halogens is 2. The molecule has 164 valence electrons. The van der Waals surface area contributed by atoms with E-state index in [0.29, 0.717) is 22.9 Å². The van der Waals surface area contributed by atoms with Crippen LogP contribution in [0.5, 0.6) is 0 Å². The lowest BCUT2D eigenvalue weighted by Crippen LogP contribution is -2.23. The van der Waals surface area contributed by atoms with Crippen molar-refractivity contribution in [3.05, 3.63) is 71.3 Å². The van der Waals surface area contributed by atoms with E-state index >= 15 is 0 Å². The summed E-state index contributed by atoms with van der Waals surface area (Å²) in [6.45, 7) is 2.21. The predicted molar refractivity (Wildman–Crippen MR) is 129 cm³/mol. The molecule has 5 rings (SSSR count). The molecule has 0 bridgehead atoms. The number of hydrogen-bond donors (Lipinski definition) is 1. The zero-order chi connectivity index (χ0) is 22.1. The van der Waals surface area contributed by atoms with E-state index < -0.39 is 0 Å². The first-order valence-corrected chi connectivity index (χ1v) is 11.7. The fraction of sp³-hybridized carbons (Fsp3) is 0.346. The zero-order valence-corrected chi connectivity index (χ0v) is 18.8. The Morgan fingerprint density at radius 1 is 1.06 bits per heavy atom. The lowest BCUT2D eigenvalue weighted by atomic mass is 9.76. The summed E-state index contributed by atoms with van der Waals surface area (Å²) in [7, 11) is 0. The third-order valence-corrected chi connectivity index (χ3v) is 6.95. The molecule has 1 aliphatic rings. The van der Waals surface area contributed by atoms with Gasteiger partial charge in [0.2, 0.25) is 0 Å². The average molecular weight is 449 g/mol. The van der Waals surface area contributed by atoms with Gasteiger partial charge in [-0.3, -0.25) is 4.98 Å². The summed E-state index contributed by atoms with van der Waals surface area (Å²) in [5, 5.41) is 15.7. The maximum Gasteiger partial charge on any atom is 0.156 e. The highest BCUT2D eigenvalue weighted by atomic mass is 35.5. The van der Waals surface area contributed by atoms with Crippen LogP contribution >= 0.6 is 11.6 Å². The summed E-state index contributed by atoms with van der Waals surface area (Å²) >= 11 is 6.11. The molecule has 0 saturated heterocycles. The van der Waals surface area contributed by atoms with Crippen molar-refractivity contribution in [2.45, 2.75) is 51.0 Å². The van der Waals surface area contributed by atoms with Gasteiger partial charge in [0, 0.05) is 33.4 Å². The molecule has 1 aliphatic carbocycles. The van der Waals surface area contributed by atoms with Crippen molar-refractivity contribution in [2.24, 2.45) is 5.92 Å². The average Bonchev–Trinajstić information content (AvgIpc) is 2.79. The Labute approximate surface area is 192 Å². The maximum absolute atomic E-state index is 13.8. The topological polar surface area (TPSA) is 50.7 Å². The second-order valence-electron chi connectivity index (χ2n) is 8.99. The summed E-state index contributed by atoms with van der Waals surface area (Å²) in [6, 6.07) is 13.1. The minimum Gasteiger partial charge on any atom is -0.366 e. The van der Waals surface area contributed by atoms with Gasteiger partial charge in [-0.15, -0.1) is 5.10 Å². The van der Waals surface area contributed by atoms with Crippen LogP contribution in [0.3, 0.4) is 0 Å². The molecule has 1 atom stereocenters. The highest BCUT2D eigenvalue weighted by molar-refractivity contribution is 6.31. The molecule has 0 aliphatic heterocycles. The monoisotopic (exact) mass is 448 g/mol. The quantitative estimate of drug-likeness (QED) is 0.352. The van der Waals surface area contributed by atoms with Crippen LogP contribution in [0.1, 0.15) is 50.5 Å². The number of fused-ring (bicyclic) bond motifs is 2.